The Kier molecular flexibility index (Phi) is 7.67. The maximum Gasteiger partial charge on any atom is 0.338 e. The molecule has 0 fully saturated rings. The minimum Gasteiger partial charge on any atom is -0.462 e. The van der Waals surface area contributed by atoms with Gasteiger partial charge in [-0.25, -0.2) is 19.6 Å². The van der Waals surface area contributed by atoms with Crippen LogP contribution in [-0.2, 0) is 9.47 Å². The van der Waals surface area contributed by atoms with Gasteiger partial charge in [-0.1, -0.05) is 50.2 Å². The molecule has 1 N–H and O–H groups in total. The van der Waals surface area contributed by atoms with Crippen LogP contribution in [0, 0.1) is 0 Å². The monoisotopic (exact) mass is 469 g/mol. The number of rotatable bonds is 8. The first kappa shape index (κ1) is 23.9. The first-order valence-electron chi connectivity index (χ1n) is 11.7. The molecule has 178 valence electrons. The van der Waals surface area contributed by atoms with E-state index in [-0.39, 0.29) is 11.9 Å². The van der Waals surface area contributed by atoms with Crippen molar-refractivity contribution in [3.63, 3.8) is 0 Å². The van der Waals surface area contributed by atoms with Crippen molar-refractivity contribution >= 4 is 35.0 Å². The van der Waals surface area contributed by atoms with Crippen LogP contribution in [0.2, 0.25) is 0 Å². The van der Waals surface area contributed by atoms with Gasteiger partial charge in [0.15, 0.2) is 5.84 Å². The van der Waals surface area contributed by atoms with Crippen LogP contribution in [-0.4, -0.2) is 36.8 Å². The molecule has 0 aliphatic carbocycles. The summed E-state index contributed by atoms with van der Waals surface area (Å²) in [5.41, 5.74) is 3.99. The zero-order valence-electron chi connectivity index (χ0n) is 19.8. The van der Waals surface area contributed by atoms with Crippen LogP contribution in [0.5, 0.6) is 0 Å². The number of ether oxygens (including phenoxy) is 2. The second-order valence-corrected chi connectivity index (χ2v) is 7.97. The van der Waals surface area contributed by atoms with Crippen LogP contribution >= 0.6 is 0 Å². The Morgan fingerprint density at radius 2 is 1.43 bits per heavy atom. The molecular formula is C28H27N3O4. The largest absolute Gasteiger partial charge is 0.462 e. The molecule has 0 aromatic heterocycles. The first-order chi connectivity index (χ1) is 17.1. The molecule has 0 saturated carbocycles. The Hall–Kier alpha value is -4.26. The molecule has 1 heterocycles. The molecule has 7 heteroatoms. The van der Waals surface area contributed by atoms with E-state index in [0.717, 1.165) is 24.0 Å². The fourth-order valence-corrected chi connectivity index (χ4v) is 3.53. The van der Waals surface area contributed by atoms with Gasteiger partial charge in [0.05, 0.1) is 30.0 Å². The van der Waals surface area contributed by atoms with E-state index in [1.165, 1.54) is 0 Å². The molecule has 1 aliphatic heterocycles. The van der Waals surface area contributed by atoms with Crippen molar-refractivity contribution in [2.24, 2.45) is 9.98 Å². The Morgan fingerprint density at radius 1 is 0.800 bits per heavy atom. The maximum atomic E-state index is 12.2. The normalized spacial score (nSPS) is 13.2. The number of hydrogen-bond donors (Lipinski definition) is 1. The van der Waals surface area contributed by atoms with Crippen molar-refractivity contribution in [1.82, 2.24) is 0 Å². The molecule has 0 unspecified atom stereocenters. The summed E-state index contributed by atoms with van der Waals surface area (Å²) in [7, 11) is 0. The minimum absolute atomic E-state index is 0.358. The lowest BCUT2D eigenvalue weighted by Gasteiger charge is -2.09. The number of nitrogens with one attached hydrogen (secondary N) is 1. The number of carbonyl (C=O) groups is 2. The summed E-state index contributed by atoms with van der Waals surface area (Å²) < 4.78 is 10.5. The average molecular weight is 470 g/mol. The fraction of sp³-hybridized carbons (Fsp3) is 0.214. The molecule has 3 aromatic rings. The Morgan fingerprint density at radius 3 is 2.11 bits per heavy atom. The van der Waals surface area contributed by atoms with Crippen LogP contribution in [0.3, 0.4) is 0 Å². The lowest BCUT2D eigenvalue weighted by Crippen LogP contribution is -2.12. The molecule has 0 atom stereocenters. The molecule has 0 bridgehead atoms. The molecule has 35 heavy (non-hydrogen) atoms. The van der Waals surface area contributed by atoms with E-state index in [1.54, 1.807) is 36.4 Å². The second-order valence-electron chi connectivity index (χ2n) is 7.97. The van der Waals surface area contributed by atoms with E-state index in [9.17, 15) is 9.59 Å². The number of carbonyl (C=O) groups excluding carboxylic acids is 2. The van der Waals surface area contributed by atoms with Gasteiger partial charge in [-0.3, -0.25) is 0 Å². The van der Waals surface area contributed by atoms with Crippen LogP contribution in [0.4, 0.5) is 11.4 Å². The lowest BCUT2D eigenvalue weighted by atomic mass is 10.1. The standard InChI is InChI=1S/C28H27N3O4/c1-3-15-34-27(32)19-9-7-11-21(17-19)29-25-23-13-5-6-14-24(23)26(31-25)30-22-12-8-10-20(18-22)28(33)35-16-4-2/h5-14,17-18H,3-4,15-16H2,1-2H3,(H,29,30,31). The summed E-state index contributed by atoms with van der Waals surface area (Å²) in [5.74, 6) is 0.422. The highest BCUT2D eigenvalue weighted by molar-refractivity contribution is 6.26. The summed E-state index contributed by atoms with van der Waals surface area (Å²) in [6.45, 7) is 4.66. The molecule has 3 aromatic carbocycles. The summed E-state index contributed by atoms with van der Waals surface area (Å²) in [4.78, 5) is 33.9. The van der Waals surface area contributed by atoms with Crippen molar-refractivity contribution in [2.75, 3.05) is 18.5 Å². The Labute approximate surface area is 204 Å². The Balaban J connectivity index is 1.60. The summed E-state index contributed by atoms with van der Waals surface area (Å²) >= 11 is 0. The van der Waals surface area contributed by atoms with Crippen molar-refractivity contribution in [3.05, 3.63) is 95.1 Å². The average Bonchev–Trinajstić information content (AvgIpc) is 3.23. The van der Waals surface area contributed by atoms with E-state index >= 15 is 0 Å². The summed E-state index contributed by atoms with van der Waals surface area (Å²) in [5, 5.41) is 3.30. The van der Waals surface area contributed by atoms with E-state index < -0.39 is 0 Å². The molecule has 0 radical (unpaired) electrons. The zero-order valence-corrected chi connectivity index (χ0v) is 19.8. The molecule has 0 spiro atoms. The van der Waals surface area contributed by atoms with Crippen LogP contribution in [0.25, 0.3) is 0 Å². The van der Waals surface area contributed by atoms with Gasteiger partial charge in [-0.2, -0.15) is 0 Å². The van der Waals surface area contributed by atoms with Gasteiger partial charge in [0.1, 0.15) is 5.84 Å². The third-order valence-corrected chi connectivity index (χ3v) is 5.19. The highest BCUT2D eigenvalue weighted by atomic mass is 16.5. The van der Waals surface area contributed by atoms with Gasteiger partial charge in [0.25, 0.3) is 0 Å². The molecular weight excluding hydrogens is 442 g/mol. The summed E-state index contributed by atoms with van der Waals surface area (Å²) in [6, 6.07) is 21.9. The predicted octanol–water partition coefficient (Wildman–Crippen LogP) is 5.77. The van der Waals surface area contributed by atoms with Crippen molar-refractivity contribution < 1.29 is 19.1 Å². The van der Waals surface area contributed by atoms with Gasteiger partial charge in [-0.05, 0) is 49.2 Å². The number of nitrogens with zero attached hydrogens (tertiary/aromatic N) is 2. The third kappa shape index (κ3) is 5.81. The predicted molar refractivity (Wildman–Crippen MR) is 137 cm³/mol. The fourth-order valence-electron chi connectivity index (χ4n) is 3.53. The SMILES string of the molecule is CCCOC(=O)c1cccc(N=C2N=C(Nc3cccc(C(=O)OCCC)c3)c3ccccc32)c1. The van der Waals surface area contributed by atoms with Crippen LogP contribution in [0.15, 0.2) is 82.8 Å². The highest BCUT2D eigenvalue weighted by Gasteiger charge is 2.22. The maximum absolute atomic E-state index is 12.2. The number of amidine groups is 2. The van der Waals surface area contributed by atoms with Gasteiger partial charge in [-0.15, -0.1) is 0 Å². The van der Waals surface area contributed by atoms with E-state index in [4.69, 9.17) is 19.5 Å². The number of esters is 2. The van der Waals surface area contributed by atoms with E-state index in [1.807, 2.05) is 50.2 Å². The van der Waals surface area contributed by atoms with E-state index in [0.29, 0.717) is 47.4 Å². The van der Waals surface area contributed by atoms with E-state index in [2.05, 4.69) is 5.32 Å². The molecule has 0 amide bonds. The topological polar surface area (TPSA) is 89.4 Å². The third-order valence-electron chi connectivity index (χ3n) is 5.19. The molecule has 4 rings (SSSR count). The summed E-state index contributed by atoms with van der Waals surface area (Å²) in [6.07, 6.45) is 1.53. The van der Waals surface area contributed by atoms with Gasteiger partial charge in [0, 0.05) is 16.8 Å². The molecule has 7 nitrogen and oxygen atoms in total. The molecule has 1 aliphatic rings. The number of hydrogen-bond acceptors (Lipinski definition) is 6. The highest BCUT2D eigenvalue weighted by Crippen LogP contribution is 2.25. The smallest absolute Gasteiger partial charge is 0.338 e. The first-order valence-corrected chi connectivity index (χ1v) is 11.7. The van der Waals surface area contributed by atoms with Crippen molar-refractivity contribution in [3.8, 4) is 0 Å². The van der Waals surface area contributed by atoms with Gasteiger partial charge in [0.2, 0.25) is 0 Å². The minimum atomic E-state index is -0.371. The Bertz CT molecular complexity index is 1300. The molecule has 0 saturated heterocycles. The van der Waals surface area contributed by atoms with Gasteiger partial charge >= 0.3 is 11.9 Å². The number of benzene rings is 3. The van der Waals surface area contributed by atoms with Crippen molar-refractivity contribution in [2.45, 2.75) is 26.7 Å². The van der Waals surface area contributed by atoms with Crippen molar-refractivity contribution in [1.29, 1.82) is 0 Å². The lowest BCUT2D eigenvalue weighted by molar-refractivity contribution is 0.0496. The number of anilines is 1. The second kappa shape index (κ2) is 11.2. The van der Waals surface area contributed by atoms with Crippen LogP contribution < -0.4 is 5.32 Å². The van der Waals surface area contributed by atoms with Gasteiger partial charge < -0.3 is 14.8 Å². The number of aliphatic imine (C=N–C) groups is 2. The zero-order chi connectivity index (χ0) is 24.6. The quantitative estimate of drug-likeness (QED) is 0.423. The van der Waals surface area contributed by atoms with Crippen LogP contribution in [0.1, 0.15) is 58.5 Å². The number of fused-ring (bicyclic) bond motifs is 1.